The van der Waals surface area contributed by atoms with E-state index >= 15 is 0 Å². The molecule has 4 bridgehead atoms. The van der Waals surface area contributed by atoms with Gasteiger partial charge in [0.25, 0.3) is 11.8 Å². The Kier molecular flexibility index (Phi) is 8.53. The fourth-order valence-corrected chi connectivity index (χ4v) is 5.11. The van der Waals surface area contributed by atoms with Crippen LogP contribution in [0.15, 0.2) is 53.1 Å². The van der Waals surface area contributed by atoms with Gasteiger partial charge >= 0.3 is 0 Å². The van der Waals surface area contributed by atoms with Gasteiger partial charge in [-0.25, -0.2) is 4.98 Å². The molecule has 0 aliphatic carbocycles. The number of hydrogen-bond acceptors (Lipinski definition) is 8. The van der Waals surface area contributed by atoms with E-state index in [9.17, 15) is 14.4 Å². The molecule has 11 nitrogen and oxygen atoms in total. The molecule has 1 N–H and O–H groups in total. The first-order valence-corrected chi connectivity index (χ1v) is 13.7. The summed E-state index contributed by atoms with van der Waals surface area (Å²) in [6.45, 7) is 4.82. The number of ether oxygens (including phenoxy) is 3. The van der Waals surface area contributed by atoms with Gasteiger partial charge < -0.3 is 33.7 Å². The van der Waals surface area contributed by atoms with Crippen LogP contribution >= 0.6 is 0 Å². The number of carbonyl (C=O) groups is 3. The highest BCUT2D eigenvalue weighted by Gasteiger charge is 2.35. The largest absolute Gasteiger partial charge is 0.493 e. The molecule has 2 aliphatic heterocycles. The Morgan fingerprint density at radius 1 is 1.20 bits per heavy atom. The first kappa shape index (κ1) is 28.2. The summed E-state index contributed by atoms with van der Waals surface area (Å²) in [7, 11) is 1.53. The number of fused-ring (bicyclic) bond motifs is 5. The Hall–Kier alpha value is -4.38. The predicted molar refractivity (Wildman–Crippen MR) is 148 cm³/mol. The smallest absolute Gasteiger partial charge is 0.275 e. The summed E-state index contributed by atoms with van der Waals surface area (Å²) in [5.74, 6) is 0.984. The zero-order valence-corrected chi connectivity index (χ0v) is 23.4. The molecule has 2 aromatic carbocycles. The molecule has 1 saturated heterocycles. The topological polar surface area (TPSA) is 123 Å². The molecule has 0 unspecified atom stereocenters. The molecule has 1 aromatic heterocycles. The second-order valence-corrected chi connectivity index (χ2v) is 10.2. The number of aromatic nitrogens is 1. The third kappa shape index (κ3) is 6.51. The van der Waals surface area contributed by atoms with Crippen molar-refractivity contribution in [1.82, 2.24) is 20.1 Å². The number of benzene rings is 2. The molecule has 11 heteroatoms. The minimum Gasteiger partial charge on any atom is -0.493 e. The van der Waals surface area contributed by atoms with Gasteiger partial charge in [0, 0.05) is 32.1 Å². The van der Waals surface area contributed by atoms with Crippen LogP contribution < -0.4 is 14.8 Å². The average Bonchev–Trinajstić information content (AvgIpc) is 3.41. The number of piperidine rings is 1. The van der Waals surface area contributed by atoms with E-state index in [1.165, 1.54) is 18.3 Å². The number of nitrogens with one attached hydrogen (secondary N) is 1. The zero-order valence-electron chi connectivity index (χ0n) is 23.4. The van der Waals surface area contributed by atoms with Crippen LogP contribution in [-0.2, 0) is 16.1 Å². The maximum atomic E-state index is 13.5. The molecule has 3 heterocycles. The van der Waals surface area contributed by atoms with Crippen LogP contribution in [0.5, 0.6) is 17.2 Å². The van der Waals surface area contributed by atoms with E-state index < -0.39 is 6.10 Å². The Labute approximate surface area is 238 Å². The number of amides is 3. The van der Waals surface area contributed by atoms with Crippen molar-refractivity contribution >= 4 is 17.7 Å². The Balaban J connectivity index is 1.45. The van der Waals surface area contributed by atoms with Crippen molar-refractivity contribution < 1.29 is 33.0 Å². The van der Waals surface area contributed by atoms with Crippen LogP contribution in [0.25, 0.3) is 0 Å². The van der Waals surface area contributed by atoms with Crippen molar-refractivity contribution in [3.63, 3.8) is 0 Å². The average molecular weight is 563 g/mol. The predicted octanol–water partition coefficient (Wildman–Crippen LogP) is 3.57. The molecule has 41 heavy (non-hydrogen) atoms. The minimum atomic E-state index is -0.495. The van der Waals surface area contributed by atoms with E-state index in [1.54, 1.807) is 30.0 Å². The fraction of sp³-hybridized carbons (Fsp3) is 0.400. The van der Waals surface area contributed by atoms with Gasteiger partial charge in [-0.3, -0.25) is 14.4 Å². The molecule has 0 spiro atoms. The summed E-state index contributed by atoms with van der Waals surface area (Å²) in [6.07, 6.45) is 2.01. The summed E-state index contributed by atoms with van der Waals surface area (Å²) in [5, 5.41) is 3.07. The Morgan fingerprint density at radius 3 is 2.80 bits per heavy atom. The molecule has 2 atom stereocenters. The molecule has 0 saturated carbocycles. The van der Waals surface area contributed by atoms with Crippen LogP contribution in [-0.4, -0.2) is 77.9 Å². The van der Waals surface area contributed by atoms with Gasteiger partial charge in [-0.1, -0.05) is 19.1 Å². The lowest BCUT2D eigenvalue weighted by Gasteiger charge is -2.38. The number of aryl methyl sites for hydroxylation is 1. The molecule has 0 radical (unpaired) electrons. The van der Waals surface area contributed by atoms with E-state index in [0.717, 1.165) is 5.56 Å². The maximum absolute atomic E-state index is 13.5. The van der Waals surface area contributed by atoms with Crippen LogP contribution in [0.3, 0.4) is 0 Å². The minimum absolute atomic E-state index is 0.113. The highest BCUT2D eigenvalue weighted by molar-refractivity contribution is 5.97. The number of methoxy groups -OCH3 is 1. The molecule has 3 amide bonds. The molecule has 216 valence electrons. The van der Waals surface area contributed by atoms with Crippen molar-refractivity contribution in [2.75, 3.05) is 33.3 Å². The number of hydrogen-bond donors (Lipinski definition) is 1. The molecular weight excluding hydrogens is 528 g/mol. The van der Waals surface area contributed by atoms with E-state index in [1.807, 2.05) is 31.2 Å². The van der Waals surface area contributed by atoms with Crippen LogP contribution in [0.4, 0.5) is 0 Å². The lowest BCUT2D eigenvalue weighted by atomic mass is 10.0. The Bertz CT molecular complexity index is 1420. The van der Waals surface area contributed by atoms with Gasteiger partial charge in [-0.05, 0) is 48.7 Å². The lowest BCUT2D eigenvalue weighted by molar-refractivity contribution is -0.124. The summed E-state index contributed by atoms with van der Waals surface area (Å²) in [5.41, 5.74) is 1.47. The van der Waals surface area contributed by atoms with E-state index in [0.29, 0.717) is 54.6 Å². The third-order valence-electron chi connectivity index (χ3n) is 7.15. The summed E-state index contributed by atoms with van der Waals surface area (Å²) < 4.78 is 23.2. The molecule has 5 rings (SSSR count). The fourth-order valence-electron chi connectivity index (χ4n) is 5.11. The van der Waals surface area contributed by atoms with E-state index in [-0.39, 0.29) is 49.2 Å². The van der Waals surface area contributed by atoms with Crippen molar-refractivity contribution in [2.45, 2.75) is 45.4 Å². The molecule has 3 aromatic rings. The van der Waals surface area contributed by atoms with Crippen molar-refractivity contribution in [1.29, 1.82) is 0 Å². The number of carbonyl (C=O) groups excluding carboxylic acids is 3. The summed E-state index contributed by atoms with van der Waals surface area (Å²) in [4.78, 5) is 47.2. The number of rotatable bonds is 4. The SMILES string of the molecule is CCCN1CC(=O)N[C@H]2CCN(C(=O)c3coc(C)n3)C[C@@H]2OCc2cccc(c2)Oc2cc(ccc2OC)C1=O. The normalized spacial score (nSPS) is 19.7. The van der Waals surface area contributed by atoms with Gasteiger partial charge in [0.05, 0.1) is 32.4 Å². The molecule has 2 aliphatic rings. The lowest BCUT2D eigenvalue weighted by Crippen LogP contribution is -2.57. The third-order valence-corrected chi connectivity index (χ3v) is 7.15. The number of oxazole rings is 1. The zero-order chi connectivity index (χ0) is 28.9. The quantitative estimate of drug-likeness (QED) is 0.512. The van der Waals surface area contributed by atoms with Gasteiger partial charge in [-0.15, -0.1) is 0 Å². The number of nitrogens with zero attached hydrogens (tertiary/aromatic N) is 3. The van der Waals surface area contributed by atoms with Crippen molar-refractivity contribution in [3.8, 4) is 17.2 Å². The standard InChI is InChI=1S/C30H34N4O7/c1-4-11-33-16-28(35)32-23-10-12-34(30(37)24-18-39-19(2)31-24)15-27(23)40-17-20-6-5-7-22(13-20)41-26-14-21(29(33)36)8-9-25(26)38-3/h5-9,13-14,18,23,27H,4,10-12,15-17H2,1-3H3,(H,32,35)/t23-,27-/m0/s1. The van der Waals surface area contributed by atoms with E-state index in [2.05, 4.69) is 10.3 Å². The second-order valence-electron chi connectivity index (χ2n) is 10.2. The van der Waals surface area contributed by atoms with Crippen molar-refractivity contribution in [2.24, 2.45) is 0 Å². The van der Waals surface area contributed by atoms with E-state index in [4.69, 9.17) is 18.6 Å². The summed E-state index contributed by atoms with van der Waals surface area (Å²) in [6, 6.07) is 12.1. The molecular formula is C30H34N4O7. The van der Waals surface area contributed by atoms with Crippen LogP contribution in [0.1, 0.15) is 52.1 Å². The first-order chi connectivity index (χ1) is 19.8. The maximum Gasteiger partial charge on any atom is 0.275 e. The van der Waals surface area contributed by atoms with Crippen LogP contribution in [0.2, 0.25) is 0 Å². The highest BCUT2D eigenvalue weighted by Crippen LogP contribution is 2.33. The monoisotopic (exact) mass is 562 g/mol. The van der Waals surface area contributed by atoms with Gasteiger partial charge in [0.15, 0.2) is 23.1 Å². The second kappa shape index (κ2) is 12.4. The van der Waals surface area contributed by atoms with Gasteiger partial charge in [-0.2, -0.15) is 0 Å². The van der Waals surface area contributed by atoms with Crippen LogP contribution in [0, 0.1) is 6.92 Å². The van der Waals surface area contributed by atoms with Gasteiger partial charge in [0.1, 0.15) is 12.0 Å². The van der Waals surface area contributed by atoms with Crippen molar-refractivity contribution in [3.05, 3.63) is 71.4 Å². The summed E-state index contributed by atoms with van der Waals surface area (Å²) >= 11 is 0. The first-order valence-electron chi connectivity index (χ1n) is 13.7. The Morgan fingerprint density at radius 2 is 2.05 bits per heavy atom. The molecule has 1 fully saturated rings. The van der Waals surface area contributed by atoms with Gasteiger partial charge in [0.2, 0.25) is 5.91 Å². The highest BCUT2D eigenvalue weighted by atomic mass is 16.5. The number of likely N-dealkylation sites (tertiary alicyclic amines) is 1.